The van der Waals surface area contributed by atoms with Crippen molar-refractivity contribution in [3.63, 3.8) is 0 Å². The van der Waals surface area contributed by atoms with Gasteiger partial charge in [0, 0.05) is 0 Å². The van der Waals surface area contributed by atoms with E-state index >= 15 is 0 Å². The van der Waals surface area contributed by atoms with Gasteiger partial charge in [0.05, 0.1) is 0 Å². The highest BCUT2D eigenvalue weighted by molar-refractivity contribution is 8.08. The fourth-order valence-electron chi connectivity index (χ4n) is 0.429. The van der Waals surface area contributed by atoms with Crippen molar-refractivity contribution in [2.24, 2.45) is 0 Å². The van der Waals surface area contributed by atoms with E-state index in [0.717, 1.165) is 4.36 Å². The van der Waals surface area contributed by atoms with Crippen LogP contribution in [0.15, 0.2) is 27.2 Å². The lowest BCUT2D eigenvalue weighted by atomic mass is 10.5. The lowest BCUT2D eigenvalue weighted by Gasteiger charge is -1.97. The molecule has 0 bridgehead atoms. The van der Waals surface area contributed by atoms with Crippen LogP contribution in [-0.2, 0) is 0 Å². The molecule has 0 saturated heterocycles. The number of allylic oxidation sites excluding steroid dienone is 3. The number of rotatable bonds is 0. The third kappa shape index (κ3) is 1.45. The standard InChI is InChI=1S/C6H5ClS/c1-5-3-2-4-6(7)8-5/h2-3H,1H3. The normalized spacial score (nSPS) is 17.8. The smallest absolute Gasteiger partial charge is 0.0933 e. The van der Waals surface area contributed by atoms with Crippen molar-refractivity contribution in [3.05, 3.63) is 27.2 Å². The molecule has 0 aliphatic carbocycles. The Hall–Kier alpha value is -0.100. The van der Waals surface area contributed by atoms with Crippen molar-refractivity contribution < 1.29 is 0 Å². The third-order valence-electron chi connectivity index (χ3n) is 0.765. The Labute approximate surface area is 57.9 Å². The molecule has 0 aromatic carbocycles. The molecule has 1 aliphatic heterocycles. The molecule has 1 heterocycles. The molecular weight excluding hydrogens is 140 g/mol. The minimum absolute atomic E-state index is 0.727. The van der Waals surface area contributed by atoms with Crippen molar-refractivity contribution in [3.8, 4) is 0 Å². The first kappa shape index (κ1) is 6.03. The molecule has 0 unspecified atom stereocenters. The highest BCUT2D eigenvalue weighted by Crippen LogP contribution is 2.28. The molecule has 0 atom stereocenters. The zero-order chi connectivity index (χ0) is 5.98. The summed E-state index contributed by atoms with van der Waals surface area (Å²) in [5.41, 5.74) is 2.86. The van der Waals surface area contributed by atoms with Gasteiger partial charge >= 0.3 is 0 Å². The fourth-order valence-corrected chi connectivity index (χ4v) is 1.40. The molecule has 0 radical (unpaired) electrons. The summed E-state index contributed by atoms with van der Waals surface area (Å²) >= 11 is 7.15. The van der Waals surface area contributed by atoms with E-state index in [1.807, 2.05) is 19.1 Å². The van der Waals surface area contributed by atoms with E-state index in [1.165, 1.54) is 4.91 Å². The molecule has 1 aliphatic rings. The van der Waals surface area contributed by atoms with Crippen molar-refractivity contribution in [1.82, 2.24) is 0 Å². The zero-order valence-electron chi connectivity index (χ0n) is 4.44. The van der Waals surface area contributed by atoms with Crippen molar-refractivity contribution in [2.75, 3.05) is 0 Å². The molecule has 0 fully saturated rings. The van der Waals surface area contributed by atoms with E-state index in [9.17, 15) is 0 Å². The first-order valence-electron chi connectivity index (χ1n) is 2.26. The maximum atomic E-state index is 5.61. The molecule has 0 saturated carbocycles. The fraction of sp³-hybridized carbons (Fsp3) is 0.167. The molecule has 0 nitrogen and oxygen atoms in total. The summed E-state index contributed by atoms with van der Waals surface area (Å²) in [6.07, 6.45) is 3.81. The van der Waals surface area contributed by atoms with Crippen LogP contribution in [0.4, 0.5) is 0 Å². The quantitative estimate of drug-likeness (QED) is 0.471. The minimum atomic E-state index is 0.727. The Bertz CT molecular complexity index is 185. The first-order chi connectivity index (χ1) is 3.79. The number of hydrogen-bond donors (Lipinski definition) is 0. The van der Waals surface area contributed by atoms with Gasteiger partial charge < -0.3 is 0 Å². The van der Waals surface area contributed by atoms with Crippen LogP contribution in [-0.4, -0.2) is 0 Å². The molecule has 42 valence electrons. The van der Waals surface area contributed by atoms with Crippen molar-refractivity contribution in [1.29, 1.82) is 0 Å². The van der Waals surface area contributed by atoms with E-state index in [2.05, 4.69) is 5.73 Å². The third-order valence-corrected chi connectivity index (χ3v) is 1.86. The summed E-state index contributed by atoms with van der Waals surface area (Å²) in [5.74, 6) is 0. The topological polar surface area (TPSA) is 0 Å². The van der Waals surface area contributed by atoms with Gasteiger partial charge in [-0.05, 0) is 24.0 Å². The summed E-state index contributed by atoms with van der Waals surface area (Å²) in [6, 6.07) is 0. The predicted molar refractivity (Wildman–Crippen MR) is 38.8 cm³/mol. The van der Waals surface area contributed by atoms with Gasteiger partial charge in [-0.15, -0.1) is 0 Å². The summed E-state index contributed by atoms with van der Waals surface area (Å²) in [7, 11) is 0. The molecule has 0 spiro atoms. The van der Waals surface area contributed by atoms with Gasteiger partial charge in [0.15, 0.2) is 0 Å². The number of hydrogen-bond acceptors (Lipinski definition) is 1. The van der Waals surface area contributed by atoms with E-state index in [-0.39, 0.29) is 0 Å². The molecule has 0 aromatic heterocycles. The minimum Gasteiger partial charge on any atom is -0.0933 e. The first-order valence-corrected chi connectivity index (χ1v) is 3.45. The average molecular weight is 145 g/mol. The van der Waals surface area contributed by atoms with Crippen LogP contribution in [0.2, 0.25) is 0 Å². The predicted octanol–water partition coefficient (Wildman–Crippen LogP) is 2.87. The number of halogens is 1. The van der Waals surface area contributed by atoms with Crippen LogP contribution in [0.5, 0.6) is 0 Å². The highest BCUT2D eigenvalue weighted by atomic mass is 35.5. The lowest BCUT2D eigenvalue weighted by molar-refractivity contribution is 1.67. The van der Waals surface area contributed by atoms with Crippen molar-refractivity contribution in [2.45, 2.75) is 6.92 Å². The van der Waals surface area contributed by atoms with Crippen molar-refractivity contribution >= 4 is 23.4 Å². The Kier molecular flexibility index (Phi) is 1.85. The lowest BCUT2D eigenvalue weighted by Crippen LogP contribution is -1.68. The van der Waals surface area contributed by atoms with E-state index in [4.69, 9.17) is 11.6 Å². The molecule has 0 aromatic rings. The Morgan fingerprint density at radius 1 is 1.75 bits per heavy atom. The molecular formula is C6H5ClS. The molecule has 2 heteroatoms. The van der Waals surface area contributed by atoms with E-state index in [1.54, 1.807) is 11.8 Å². The summed E-state index contributed by atoms with van der Waals surface area (Å²) < 4.78 is 0.727. The SMILES string of the molecule is CC1=CC=C=C(Cl)S1. The van der Waals surface area contributed by atoms with Crippen LogP contribution in [0.1, 0.15) is 6.92 Å². The molecule has 8 heavy (non-hydrogen) atoms. The Morgan fingerprint density at radius 2 is 2.50 bits per heavy atom. The second-order valence-corrected chi connectivity index (χ2v) is 3.32. The largest absolute Gasteiger partial charge is 0.120 e. The highest BCUT2D eigenvalue weighted by Gasteiger charge is 1.95. The maximum Gasteiger partial charge on any atom is 0.120 e. The van der Waals surface area contributed by atoms with Gasteiger partial charge in [-0.3, -0.25) is 0 Å². The maximum absolute atomic E-state index is 5.61. The van der Waals surface area contributed by atoms with E-state index < -0.39 is 0 Å². The van der Waals surface area contributed by atoms with Gasteiger partial charge in [-0.25, -0.2) is 0 Å². The number of thioether (sulfide) groups is 1. The molecule has 1 rings (SSSR count). The molecule has 0 N–H and O–H groups in total. The van der Waals surface area contributed by atoms with Crippen LogP contribution >= 0.6 is 23.4 Å². The Morgan fingerprint density at radius 3 is 2.88 bits per heavy atom. The van der Waals surface area contributed by atoms with Gasteiger partial charge in [0.1, 0.15) is 4.36 Å². The van der Waals surface area contributed by atoms with Crippen LogP contribution in [0, 0.1) is 0 Å². The molecule has 0 amide bonds. The monoisotopic (exact) mass is 144 g/mol. The van der Waals surface area contributed by atoms with Crippen LogP contribution in [0.25, 0.3) is 0 Å². The van der Waals surface area contributed by atoms with Gasteiger partial charge in [-0.2, -0.15) is 0 Å². The van der Waals surface area contributed by atoms with Gasteiger partial charge in [0.25, 0.3) is 0 Å². The Balaban J connectivity index is 2.83. The van der Waals surface area contributed by atoms with Gasteiger partial charge in [0.2, 0.25) is 0 Å². The second kappa shape index (κ2) is 2.45. The summed E-state index contributed by atoms with van der Waals surface area (Å²) in [6.45, 7) is 2.02. The zero-order valence-corrected chi connectivity index (χ0v) is 6.01. The van der Waals surface area contributed by atoms with E-state index in [0.29, 0.717) is 0 Å². The summed E-state index contributed by atoms with van der Waals surface area (Å²) in [5, 5.41) is 0. The van der Waals surface area contributed by atoms with Gasteiger partial charge in [-0.1, -0.05) is 29.1 Å². The second-order valence-electron chi connectivity index (χ2n) is 1.46. The van der Waals surface area contributed by atoms with Crippen LogP contribution in [0.3, 0.4) is 0 Å². The summed E-state index contributed by atoms with van der Waals surface area (Å²) in [4.78, 5) is 1.22. The van der Waals surface area contributed by atoms with Crippen LogP contribution < -0.4 is 0 Å². The average Bonchev–Trinajstić information content (AvgIpc) is 1.64.